The van der Waals surface area contributed by atoms with E-state index in [0.29, 0.717) is 22.1 Å². The predicted octanol–water partition coefficient (Wildman–Crippen LogP) is 12.7. The zero-order valence-corrected chi connectivity index (χ0v) is 30.0. The van der Waals surface area contributed by atoms with Gasteiger partial charge in [-0.05, 0) is 58.4 Å². The number of benzene rings is 6. The summed E-state index contributed by atoms with van der Waals surface area (Å²) in [6, 6.07) is 32.0. The summed E-state index contributed by atoms with van der Waals surface area (Å²) in [6.07, 6.45) is 0. The van der Waals surface area contributed by atoms with Gasteiger partial charge in [0, 0.05) is 27.1 Å². The molecule has 8 rings (SSSR count). The van der Waals surface area contributed by atoms with E-state index in [0.717, 1.165) is 32.7 Å². The zero-order chi connectivity index (χ0) is 37.7. The molecule has 0 spiro atoms. The molecular weight excluding hydrogens is 678 g/mol. The SMILES string of the molecule is CC(C)(C)c1ccc2c3ccccc3n(-c3cc(C#N)cc(-n4c5ccccc5c5ccc(C(C)(C)C)cc54)c3-c3c(F)c(F)c(F)c(F)c3F)c2c1. The highest BCUT2D eigenvalue weighted by atomic mass is 19.2. The van der Waals surface area contributed by atoms with Crippen molar-refractivity contribution in [2.75, 3.05) is 0 Å². The monoisotopic (exact) mass is 711 g/mol. The summed E-state index contributed by atoms with van der Waals surface area (Å²) in [7, 11) is 0. The third kappa shape index (κ3) is 5.13. The Kier molecular flexibility index (Phi) is 7.60. The third-order valence-corrected chi connectivity index (χ3v) is 10.2. The van der Waals surface area contributed by atoms with E-state index in [9.17, 15) is 9.65 Å². The maximum atomic E-state index is 16.4. The summed E-state index contributed by atoms with van der Waals surface area (Å²) in [5, 5.41) is 13.8. The van der Waals surface area contributed by atoms with Crippen molar-refractivity contribution in [1.29, 1.82) is 5.26 Å². The lowest BCUT2D eigenvalue weighted by Gasteiger charge is -2.23. The highest BCUT2D eigenvalue weighted by molar-refractivity contribution is 6.12. The normalized spacial score (nSPS) is 12.4. The first-order valence-corrected chi connectivity index (χ1v) is 17.3. The second kappa shape index (κ2) is 11.8. The second-order valence-corrected chi connectivity index (χ2v) is 15.6. The number of halogens is 5. The lowest BCUT2D eigenvalue weighted by atomic mass is 9.86. The van der Waals surface area contributed by atoms with Gasteiger partial charge in [-0.15, -0.1) is 0 Å². The molecule has 264 valence electrons. The minimum absolute atomic E-state index is 0.0809. The number of nitriles is 1. The third-order valence-electron chi connectivity index (χ3n) is 10.2. The van der Waals surface area contributed by atoms with Gasteiger partial charge >= 0.3 is 0 Å². The molecule has 0 saturated carbocycles. The number of aromatic nitrogens is 2. The standard InChI is InChI=1S/C45H34F5N3/c1-44(2,3)25-15-17-29-27-11-7-9-13-31(27)52(33(29)21-25)35-19-24(23-51)20-36(37(35)38-39(46)41(48)43(50)42(49)40(38)47)53-32-14-10-8-12-28(32)30-18-16-26(22-34(30)53)45(4,5)6/h7-22H,1-6H3. The topological polar surface area (TPSA) is 33.6 Å². The molecule has 8 aromatic rings. The van der Waals surface area contributed by atoms with Gasteiger partial charge in [-0.25, -0.2) is 22.0 Å². The van der Waals surface area contributed by atoms with Crippen molar-refractivity contribution in [3.8, 4) is 28.6 Å². The van der Waals surface area contributed by atoms with Crippen molar-refractivity contribution in [3.05, 3.63) is 143 Å². The van der Waals surface area contributed by atoms with Gasteiger partial charge in [0.25, 0.3) is 0 Å². The predicted molar refractivity (Wildman–Crippen MR) is 202 cm³/mol. The number of hydrogen-bond donors (Lipinski definition) is 0. The molecule has 0 atom stereocenters. The van der Waals surface area contributed by atoms with Gasteiger partial charge in [0.1, 0.15) is 0 Å². The molecule has 0 radical (unpaired) electrons. The van der Waals surface area contributed by atoms with E-state index in [1.807, 2.05) is 84.9 Å². The maximum Gasteiger partial charge on any atom is 0.200 e. The molecule has 2 aromatic heterocycles. The quantitative estimate of drug-likeness (QED) is 0.102. The van der Waals surface area contributed by atoms with E-state index in [1.54, 1.807) is 9.13 Å². The van der Waals surface area contributed by atoms with Crippen LogP contribution in [-0.4, -0.2) is 9.13 Å². The van der Waals surface area contributed by atoms with Crippen molar-refractivity contribution in [3.63, 3.8) is 0 Å². The van der Waals surface area contributed by atoms with Crippen LogP contribution in [0.15, 0.2) is 97.1 Å². The maximum absolute atomic E-state index is 16.4. The van der Waals surface area contributed by atoms with Crippen LogP contribution in [0, 0.1) is 40.4 Å². The van der Waals surface area contributed by atoms with Crippen molar-refractivity contribution in [1.82, 2.24) is 9.13 Å². The molecule has 2 heterocycles. The second-order valence-electron chi connectivity index (χ2n) is 15.6. The lowest BCUT2D eigenvalue weighted by molar-refractivity contribution is 0.381. The molecule has 0 bridgehead atoms. The number of hydrogen-bond acceptors (Lipinski definition) is 1. The van der Waals surface area contributed by atoms with Gasteiger partial charge in [0.05, 0.1) is 50.6 Å². The van der Waals surface area contributed by atoms with Crippen LogP contribution in [-0.2, 0) is 10.8 Å². The average molecular weight is 712 g/mol. The zero-order valence-electron chi connectivity index (χ0n) is 30.0. The molecule has 0 aliphatic carbocycles. The van der Waals surface area contributed by atoms with Gasteiger partial charge in [-0.1, -0.05) is 102 Å². The van der Waals surface area contributed by atoms with Crippen LogP contribution >= 0.6 is 0 Å². The first-order valence-electron chi connectivity index (χ1n) is 17.3. The van der Waals surface area contributed by atoms with Crippen molar-refractivity contribution in [2.24, 2.45) is 0 Å². The molecule has 8 heteroatoms. The highest BCUT2D eigenvalue weighted by Crippen LogP contribution is 2.46. The fourth-order valence-electron chi connectivity index (χ4n) is 7.50. The smallest absolute Gasteiger partial charge is 0.200 e. The molecule has 53 heavy (non-hydrogen) atoms. The lowest BCUT2D eigenvalue weighted by Crippen LogP contribution is -2.12. The van der Waals surface area contributed by atoms with E-state index in [-0.39, 0.29) is 33.3 Å². The van der Waals surface area contributed by atoms with Crippen molar-refractivity contribution >= 4 is 43.6 Å². The van der Waals surface area contributed by atoms with Gasteiger partial charge in [-0.2, -0.15) is 5.26 Å². The molecule has 3 nitrogen and oxygen atoms in total. The van der Waals surface area contributed by atoms with Crippen LogP contribution in [0.25, 0.3) is 66.1 Å². The average Bonchev–Trinajstić information content (AvgIpc) is 3.64. The number of para-hydroxylation sites is 2. The molecule has 0 fully saturated rings. The molecule has 6 aromatic carbocycles. The Morgan fingerprint density at radius 1 is 0.453 bits per heavy atom. The molecule has 0 unspecified atom stereocenters. The largest absolute Gasteiger partial charge is 0.308 e. The summed E-state index contributed by atoms with van der Waals surface area (Å²) >= 11 is 0. The van der Waals surface area contributed by atoms with Gasteiger partial charge in [0.15, 0.2) is 23.3 Å². The van der Waals surface area contributed by atoms with Crippen molar-refractivity contribution in [2.45, 2.75) is 52.4 Å². The Morgan fingerprint density at radius 3 is 1.23 bits per heavy atom. The van der Waals surface area contributed by atoms with Crippen LogP contribution in [0.5, 0.6) is 0 Å². The fourth-order valence-corrected chi connectivity index (χ4v) is 7.50. The van der Waals surface area contributed by atoms with Crippen LogP contribution in [0.4, 0.5) is 22.0 Å². The van der Waals surface area contributed by atoms with E-state index < -0.39 is 34.6 Å². The minimum atomic E-state index is -2.25. The van der Waals surface area contributed by atoms with E-state index in [4.69, 9.17) is 0 Å². The summed E-state index contributed by atoms with van der Waals surface area (Å²) in [6.45, 7) is 12.4. The van der Waals surface area contributed by atoms with Crippen LogP contribution in [0.1, 0.15) is 58.2 Å². The highest BCUT2D eigenvalue weighted by Gasteiger charge is 2.33. The Labute approximate surface area is 303 Å². The van der Waals surface area contributed by atoms with Gasteiger partial charge in [-0.3, -0.25) is 0 Å². The number of rotatable bonds is 3. The summed E-state index contributed by atoms with van der Waals surface area (Å²) in [4.78, 5) is 0. The van der Waals surface area contributed by atoms with Crippen LogP contribution < -0.4 is 0 Å². The van der Waals surface area contributed by atoms with E-state index in [1.165, 1.54) is 12.1 Å². The Bertz CT molecular complexity index is 2690. The number of nitrogens with zero attached hydrogens (tertiary/aromatic N) is 3. The van der Waals surface area contributed by atoms with Crippen LogP contribution in [0.3, 0.4) is 0 Å². The molecule has 0 aliphatic heterocycles. The summed E-state index contributed by atoms with van der Waals surface area (Å²) < 4.78 is 81.8. The van der Waals surface area contributed by atoms with E-state index in [2.05, 4.69) is 47.6 Å². The Hall–Kier alpha value is -5.94. The molecule has 0 amide bonds. The molecular formula is C45H34F5N3. The molecule has 0 saturated heterocycles. The first kappa shape index (κ1) is 34.2. The molecule has 0 aliphatic rings. The summed E-state index contributed by atoms with van der Waals surface area (Å²) in [5.41, 5.74) is 2.78. The Balaban J connectivity index is 1.66. The first-order chi connectivity index (χ1) is 25.1. The van der Waals surface area contributed by atoms with Crippen molar-refractivity contribution < 1.29 is 22.0 Å². The summed E-state index contributed by atoms with van der Waals surface area (Å²) in [5.74, 6) is -10.3. The van der Waals surface area contributed by atoms with E-state index >= 15 is 17.6 Å². The van der Waals surface area contributed by atoms with Gasteiger partial charge in [0.2, 0.25) is 5.82 Å². The molecule has 0 N–H and O–H groups in total. The van der Waals surface area contributed by atoms with Gasteiger partial charge < -0.3 is 9.13 Å². The van der Waals surface area contributed by atoms with Crippen LogP contribution in [0.2, 0.25) is 0 Å². The fraction of sp³-hybridized carbons (Fsp3) is 0.178. The number of fused-ring (bicyclic) bond motifs is 6. The minimum Gasteiger partial charge on any atom is -0.308 e. The Morgan fingerprint density at radius 2 is 0.830 bits per heavy atom.